The summed E-state index contributed by atoms with van der Waals surface area (Å²) in [7, 11) is 0. The SMILES string of the molecule is Cc1ccc(-c2ccc3c(c2)c2ccccc2n3-c2ccc(C#N)c(-c3cc(-c4c(C(F)(F)F)cccc4C(F)(F)F)ccc3-n3c4ccccc4c4cc(-c5ccc(C(F)(F)F)cc5C(F)(F)F)ccc43)c2)c(C(F)(F)F)c1. The molecule has 2 aromatic heterocycles. The Bertz CT molecular complexity index is 4300. The minimum absolute atomic E-state index is 0.00768. The van der Waals surface area contributed by atoms with Crippen LogP contribution in [0.15, 0.2) is 176 Å². The highest BCUT2D eigenvalue weighted by molar-refractivity contribution is 6.12. The largest absolute Gasteiger partial charge is 0.417 e. The van der Waals surface area contributed by atoms with Crippen LogP contribution in [0.4, 0.5) is 65.9 Å². The third-order valence-electron chi connectivity index (χ3n) is 14.0. The summed E-state index contributed by atoms with van der Waals surface area (Å²) in [5, 5.41) is 12.5. The Balaban J connectivity index is 1.19. The van der Waals surface area contributed by atoms with Crippen molar-refractivity contribution >= 4 is 43.6 Å². The van der Waals surface area contributed by atoms with Gasteiger partial charge in [-0.2, -0.15) is 71.1 Å². The summed E-state index contributed by atoms with van der Waals surface area (Å²) in [6, 6.07) is 38.7. The Hall–Kier alpha value is -8.98. The van der Waals surface area contributed by atoms with E-state index in [1.54, 1.807) is 81.9 Å². The molecule has 0 atom stereocenters. The molecule has 0 spiro atoms. The number of halogens is 15. The molecular formula is C61H32F15N3. The van der Waals surface area contributed by atoms with E-state index in [4.69, 9.17) is 0 Å². The number of aryl methyl sites for hydroxylation is 1. The molecule has 79 heavy (non-hydrogen) atoms. The first-order valence-electron chi connectivity index (χ1n) is 23.7. The van der Waals surface area contributed by atoms with Gasteiger partial charge in [0, 0.05) is 43.9 Å². The molecule has 18 heteroatoms. The van der Waals surface area contributed by atoms with Crippen molar-refractivity contribution in [3.63, 3.8) is 0 Å². The van der Waals surface area contributed by atoms with Gasteiger partial charge in [-0.15, -0.1) is 0 Å². The summed E-state index contributed by atoms with van der Waals surface area (Å²) in [4.78, 5) is 0. The molecule has 0 N–H and O–H groups in total. The number of nitriles is 1. The van der Waals surface area contributed by atoms with Gasteiger partial charge in [-0.3, -0.25) is 0 Å². The normalized spacial score (nSPS) is 12.8. The van der Waals surface area contributed by atoms with Gasteiger partial charge < -0.3 is 9.13 Å². The Labute approximate surface area is 437 Å². The summed E-state index contributed by atoms with van der Waals surface area (Å²) in [6.07, 6.45) is -25.7. The van der Waals surface area contributed by atoms with E-state index >= 15 is 0 Å². The first-order chi connectivity index (χ1) is 37.2. The minimum atomic E-state index is -5.32. The van der Waals surface area contributed by atoms with Crippen LogP contribution < -0.4 is 0 Å². The maximum Gasteiger partial charge on any atom is 0.417 e. The molecule has 11 rings (SSSR count). The molecule has 396 valence electrons. The Morgan fingerprint density at radius 3 is 1.39 bits per heavy atom. The molecule has 2 heterocycles. The summed E-state index contributed by atoms with van der Waals surface area (Å²) in [6.45, 7) is 1.54. The van der Waals surface area contributed by atoms with Crippen molar-refractivity contribution < 1.29 is 65.9 Å². The highest BCUT2D eigenvalue weighted by atomic mass is 19.4. The zero-order valence-corrected chi connectivity index (χ0v) is 40.3. The van der Waals surface area contributed by atoms with E-state index in [1.165, 1.54) is 55.5 Å². The average molecular weight is 1090 g/mol. The lowest BCUT2D eigenvalue weighted by Gasteiger charge is -2.22. The second-order valence-electron chi connectivity index (χ2n) is 18.8. The van der Waals surface area contributed by atoms with E-state index in [2.05, 4.69) is 6.07 Å². The number of alkyl halides is 15. The highest BCUT2D eigenvalue weighted by Gasteiger charge is 2.42. The van der Waals surface area contributed by atoms with Gasteiger partial charge in [0.15, 0.2) is 0 Å². The molecule has 11 aromatic rings. The monoisotopic (exact) mass is 1090 g/mol. The van der Waals surface area contributed by atoms with Crippen LogP contribution in [0.3, 0.4) is 0 Å². The molecular weight excluding hydrogens is 1060 g/mol. The Morgan fingerprint density at radius 1 is 0.354 bits per heavy atom. The van der Waals surface area contributed by atoms with Gasteiger partial charge in [-0.25, -0.2) is 0 Å². The average Bonchev–Trinajstić information content (AvgIpc) is 3.99. The molecule has 0 saturated carbocycles. The molecule has 0 unspecified atom stereocenters. The van der Waals surface area contributed by atoms with Crippen LogP contribution in [-0.2, 0) is 30.9 Å². The van der Waals surface area contributed by atoms with Crippen LogP contribution >= 0.6 is 0 Å². The highest BCUT2D eigenvalue weighted by Crippen LogP contribution is 2.49. The number of nitrogens with zero attached hydrogens (tertiary/aromatic N) is 3. The minimum Gasteiger partial charge on any atom is -0.309 e. The second kappa shape index (κ2) is 18.3. The van der Waals surface area contributed by atoms with Gasteiger partial charge in [0.2, 0.25) is 0 Å². The van der Waals surface area contributed by atoms with Crippen molar-refractivity contribution in [2.24, 2.45) is 0 Å². The number of hydrogen-bond donors (Lipinski definition) is 0. The number of benzene rings is 9. The van der Waals surface area contributed by atoms with Gasteiger partial charge in [0.25, 0.3) is 0 Å². The maximum absolute atomic E-state index is 14.9. The standard InChI is InChI=1S/C61H32F15N3/c1-32-13-20-39(49(25-32)60(71,72)73)33-15-22-53-44(26-33)41-7-2-4-11-51(41)78(53)38-19-14-36(31-77)43(30-38)46-28-35(56-47(58(65,66)67)9-6-10-48(56)59(68,69)70)17-24-55(46)79-52-12-5-3-8-42(52)45-27-34(16-23-54(45)79)40-21-18-37(57(62,63)64)29-50(40)61(74,75)76/h2-30H,1H3. The van der Waals surface area contributed by atoms with Gasteiger partial charge in [0.1, 0.15) is 0 Å². The number of para-hydroxylation sites is 2. The number of fused-ring (bicyclic) bond motifs is 6. The van der Waals surface area contributed by atoms with Crippen molar-refractivity contribution in [1.29, 1.82) is 5.26 Å². The van der Waals surface area contributed by atoms with Crippen LogP contribution in [-0.4, -0.2) is 9.13 Å². The van der Waals surface area contributed by atoms with E-state index in [0.717, 1.165) is 18.2 Å². The van der Waals surface area contributed by atoms with Crippen LogP contribution in [0.5, 0.6) is 0 Å². The summed E-state index contributed by atoms with van der Waals surface area (Å²) in [5.74, 6) is 0. The lowest BCUT2D eigenvalue weighted by atomic mass is 9.89. The van der Waals surface area contributed by atoms with E-state index in [1.807, 2.05) is 0 Å². The fraction of sp³-hybridized carbons (Fsp3) is 0.0984. The fourth-order valence-electron chi connectivity index (χ4n) is 10.6. The predicted octanol–water partition coefficient (Wildman–Crippen LogP) is 19.8. The van der Waals surface area contributed by atoms with Crippen molar-refractivity contribution in [2.45, 2.75) is 37.8 Å². The predicted molar refractivity (Wildman–Crippen MR) is 271 cm³/mol. The maximum atomic E-state index is 14.9. The van der Waals surface area contributed by atoms with Crippen molar-refractivity contribution in [3.05, 3.63) is 215 Å². The number of rotatable bonds is 6. The van der Waals surface area contributed by atoms with E-state index in [0.29, 0.717) is 74.3 Å². The third-order valence-corrected chi connectivity index (χ3v) is 14.0. The molecule has 0 amide bonds. The molecule has 0 saturated heterocycles. The smallest absolute Gasteiger partial charge is 0.309 e. The molecule has 0 aliphatic heterocycles. The molecule has 0 aliphatic rings. The second-order valence-corrected chi connectivity index (χ2v) is 18.8. The third kappa shape index (κ3) is 9.06. The molecule has 0 radical (unpaired) electrons. The lowest BCUT2D eigenvalue weighted by molar-refractivity contribution is -0.144. The Morgan fingerprint density at radius 2 is 0.848 bits per heavy atom. The van der Waals surface area contributed by atoms with E-state index in [-0.39, 0.29) is 56.0 Å². The van der Waals surface area contributed by atoms with Crippen LogP contribution in [0.2, 0.25) is 0 Å². The first kappa shape index (κ1) is 52.1. The Kier molecular flexibility index (Phi) is 12.1. The van der Waals surface area contributed by atoms with E-state index in [9.17, 15) is 71.1 Å². The van der Waals surface area contributed by atoms with Gasteiger partial charge in [-0.1, -0.05) is 84.4 Å². The number of aromatic nitrogens is 2. The molecule has 0 fully saturated rings. The topological polar surface area (TPSA) is 33.6 Å². The fourth-order valence-corrected chi connectivity index (χ4v) is 10.6. The summed E-state index contributed by atoms with van der Waals surface area (Å²) >= 11 is 0. The van der Waals surface area contributed by atoms with Crippen LogP contribution in [0.25, 0.3) is 99.5 Å². The van der Waals surface area contributed by atoms with E-state index < -0.39 is 75.4 Å². The number of hydrogen-bond acceptors (Lipinski definition) is 1. The molecule has 0 bridgehead atoms. The van der Waals surface area contributed by atoms with Gasteiger partial charge in [0.05, 0.1) is 67.2 Å². The zero-order chi connectivity index (χ0) is 56.3. The summed E-state index contributed by atoms with van der Waals surface area (Å²) < 4.78 is 221. The zero-order valence-electron chi connectivity index (χ0n) is 40.3. The van der Waals surface area contributed by atoms with Crippen LogP contribution in [0.1, 0.15) is 38.9 Å². The molecule has 0 aliphatic carbocycles. The lowest BCUT2D eigenvalue weighted by Crippen LogP contribution is -2.14. The van der Waals surface area contributed by atoms with Crippen LogP contribution in [0, 0.1) is 18.3 Å². The van der Waals surface area contributed by atoms with Crippen molar-refractivity contribution in [3.8, 4) is 62.0 Å². The molecule has 3 nitrogen and oxygen atoms in total. The summed E-state index contributed by atoms with van der Waals surface area (Å²) in [5.41, 5.74) is -7.58. The van der Waals surface area contributed by atoms with Crippen molar-refractivity contribution in [2.75, 3.05) is 0 Å². The molecule has 9 aromatic carbocycles. The first-order valence-corrected chi connectivity index (χ1v) is 23.7. The van der Waals surface area contributed by atoms with Gasteiger partial charge >= 0.3 is 30.9 Å². The van der Waals surface area contributed by atoms with Gasteiger partial charge in [-0.05, 0) is 132 Å². The quantitative estimate of drug-likeness (QED) is 0.153. The van der Waals surface area contributed by atoms with Crippen molar-refractivity contribution in [1.82, 2.24) is 9.13 Å².